The van der Waals surface area contributed by atoms with Gasteiger partial charge in [-0.25, -0.2) is 4.79 Å². The van der Waals surface area contributed by atoms with Crippen LogP contribution in [0.5, 0.6) is 0 Å². The van der Waals surface area contributed by atoms with Gasteiger partial charge in [-0.1, -0.05) is 22.0 Å². The van der Waals surface area contributed by atoms with E-state index in [1.165, 1.54) is 0 Å². The summed E-state index contributed by atoms with van der Waals surface area (Å²) >= 11 is 3.28. The highest BCUT2D eigenvalue weighted by Crippen LogP contribution is 2.26. The van der Waals surface area contributed by atoms with Gasteiger partial charge in [-0.3, -0.25) is 19.3 Å². The van der Waals surface area contributed by atoms with Crippen LogP contribution in [0.4, 0.5) is 16.2 Å². The summed E-state index contributed by atoms with van der Waals surface area (Å²) in [6, 6.07) is 11.2. The van der Waals surface area contributed by atoms with Crippen molar-refractivity contribution in [3.63, 3.8) is 0 Å². The molecule has 1 aliphatic rings. The van der Waals surface area contributed by atoms with Gasteiger partial charge in [0.15, 0.2) is 0 Å². The zero-order valence-corrected chi connectivity index (χ0v) is 17.2. The first-order valence-electron chi connectivity index (χ1n) is 8.99. The number of nitrogens with zero attached hydrogens (tertiary/aromatic N) is 1. The molecular formula is C20H19BrN4O4. The first-order chi connectivity index (χ1) is 13.9. The molecule has 1 heterocycles. The van der Waals surface area contributed by atoms with Crippen molar-refractivity contribution < 1.29 is 19.2 Å². The number of nitrogens with one attached hydrogen (secondary N) is 3. The quantitative estimate of drug-likeness (QED) is 0.577. The summed E-state index contributed by atoms with van der Waals surface area (Å²) < 4.78 is 0.707. The van der Waals surface area contributed by atoms with Gasteiger partial charge in [-0.05, 0) is 43.3 Å². The third-order valence-electron chi connectivity index (χ3n) is 4.24. The topological polar surface area (TPSA) is 108 Å². The van der Waals surface area contributed by atoms with Gasteiger partial charge in [-0.15, -0.1) is 0 Å². The van der Waals surface area contributed by atoms with E-state index in [4.69, 9.17) is 0 Å². The van der Waals surface area contributed by atoms with Crippen molar-refractivity contribution in [1.29, 1.82) is 0 Å². The van der Waals surface area contributed by atoms with E-state index in [0.717, 1.165) is 4.90 Å². The first-order valence-corrected chi connectivity index (χ1v) is 9.79. The van der Waals surface area contributed by atoms with Crippen LogP contribution < -0.4 is 16.0 Å². The fraction of sp³-hybridized carbons (Fsp3) is 0.200. The van der Waals surface area contributed by atoms with E-state index < -0.39 is 11.8 Å². The maximum atomic E-state index is 12.4. The molecule has 0 atom stereocenters. The van der Waals surface area contributed by atoms with Crippen LogP contribution in [0.25, 0.3) is 0 Å². The van der Waals surface area contributed by atoms with E-state index in [9.17, 15) is 19.2 Å². The lowest BCUT2D eigenvalue weighted by Crippen LogP contribution is -2.32. The van der Waals surface area contributed by atoms with E-state index in [-0.39, 0.29) is 24.9 Å². The highest BCUT2D eigenvalue weighted by molar-refractivity contribution is 9.10. The SMILES string of the molecule is CCNC(=O)Nc1cccc(NC(=O)CCN2C(=O)c3ccc(Br)cc3C2=O)c1. The van der Waals surface area contributed by atoms with Crippen LogP contribution in [0.1, 0.15) is 34.1 Å². The average molecular weight is 459 g/mol. The molecule has 0 fully saturated rings. The van der Waals surface area contributed by atoms with Crippen LogP contribution in [-0.4, -0.2) is 41.7 Å². The molecule has 3 N–H and O–H groups in total. The number of carbonyl (C=O) groups is 4. The van der Waals surface area contributed by atoms with Crippen LogP contribution in [-0.2, 0) is 4.79 Å². The van der Waals surface area contributed by atoms with Crippen LogP contribution in [0.2, 0.25) is 0 Å². The van der Waals surface area contributed by atoms with Gasteiger partial charge in [0.05, 0.1) is 11.1 Å². The number of hydrogen-bond acceptors (Lipinski definition) is 4. The fourth-order valence-electron chi connectivity index (χ4n) is 2.91. The second-order valence-electron chi connectivity index (χ2n) is 6.32. The van der Waals surface area contributed by atoms with E-state index in [1.807, 2.05) is 6.92 Å². The van der Waals surface area contributed by atoms with Gasteiger partial charge in [0.25, 0.3) is 11.8 Å². The van der Waals surface area contributed by atoms with E-state index in [1.54, 1.807) is 42.5 Å². The standard InChI is InChI=1S/C20H19BrN4O4/c1-2-22-20(29)24-14-5-3-4-13(11-14)23-17(26)8-9-25-18(27)15-7-6-12(21)10-16(15)19(25)28/h3-7,10-11H,2,8-9H2,1H3,(H,23,26)(H2,22,24,29). The first kappa shape index (κ1) is 20.5. The molecule has 8 nitrogen and oxygen atoms in total. The van der Waals surface area contributed by atoms with Crippen molar-refractivity contribution in [2.24, 2.45) is 0 Å². The zero-order valence-electron chi connectivity index (χ0n) is 15.6. The molecule has 0 unspecified atom stereocenters. The van der Waals surface area contributed by atoms with E-state index in [0.29, 0.717) is 33.5 Å². The van der Waals surface area contributed by atoms with Gasteiger partial charge in [0, 0.05) is 35.4 Å². The van der Waals surface area contributed by atoms with Crippen LogP contribution in [0.15, 0.2) is 46.9 Å². The molecule has 3 rings (SSSR count). The Balaban J connectivity index is 1.58. The summed E-state index contributed by atoms with van der Waals surface area (Å²) in [5.74, 6) is -1.16. The Morgan fingerprint density at radius 3 is 2.38 bits per heavy atom. The summed E-state index contributed by atoms with van der Waals surface area (Å²) in [6.45, 7) is 2.28. The molecule has 5 amide bonds. The largest absolute Gasteiger partial charge is 0.338 e. The van der Waals surface area contributed by atoms with Crippen molar-refractivity contribution in [2.75, 3.05) is 23.7 Å². The maximum Gasteiger partial charge on any atom is 0.319 e. The van der Waals surface area contributed by atoms with Crippen molar-refractivity contribution in [3.05, 3.63) is 58.1 Å². The van der Waals surface area contributed by atoms with Gasteiger partial charge in [0.2, 0.25) is 5.91 Å². The van der Waals surface area contributed by atoms with Crippen molar-refractivity contribution in [2.45, 2.75) is 13.3 Å². The Hall–Kier alpha value is -3.20. The number of fused-ring (bicyclic) bond motifs is 1. The minimum Gasteiger partial charge on any atom is -0.338 e. The van der Waals surface area contributed by atoms with Crippen molar-refractivity contribution >= 4 is 51.1 Å². The monoisotopic (exact) mass is 458 g/mol. The average Bonchev–Trinajstić information content (AvgIpc) is 2.90. The molecule has 1 aliphatic heterocycles. The fourth-order valence-corrected chi connectivity index (χ4v) is 3.27. The molecule has 9 heteroatoms. The van der Waals surface area contributed by atoms with Gasteiger partial charge in [-0.2, -0.15) is 0 Å². The Morgan fingerprint density at radius 2 is 1.66 bits per heavy atom. The second-order valence-corrected chi connectivity index (χ2v) is 7.23. The van der Waals surface area contributed by atoms with Crippen molar-refractivity contribution in [3.8, 4) is 0 Å². The van der Waals surface area contributed by atoms with Gasteiger partial charge >= 0.3 is 6.03 Å². The molecule has 0 radical (unpaired) electrons. The number of halogens is 1. The van der Waals surface area contributed by atoms with Crippen molar-refractivity contribution in [1.82, 2.24) is 10.2 Å². The number of amides is 5. The van der Waals surface area contributed by atoms with Crippen LogP contribution in [0.3, 0.4) is 0 Å². The summed E-state index contributed by atoms with van der Waals surface area (Å²) in [7, 11) is 0. The molecule has 150 valence electrons. The number of imide groups is 1. The second kappa shape index (κ2) is 8.87. The normalized spacial score (nSPS) is 12.6. The Labute approximate surface area is 175 Å². The number of urea groups is 1. The maximum absolute atomic E-state index is 12.4. The molecule has 0 saturated carbocycles. The molecule has 2 aromatic rings. The smallest absolute Gasteiger partial charge is 0.319 e. The van der Waals surface area contributed by atoms with Gasteiger partial charge in [0.1, 0.15) is 0 Å². The highest BCUT2D eigenvalue weighted by atomic mass is 79.9. The summed E-state index contributed by atoms with van der Waals surface area (Å²) in [6.07, 6.45) is -0.0411. The Kier molecular flexibility index (Phi) is 6.28. The molecular weight excluding hydrogens is 440 g/mol. The number of carbonyl (C=O) groups excluding carboxylic acids is 4. The summed E-state index contributed by atoms with van der Waals surface area (Å²) in [5.41, 5.74) is 1.69. The predicted molar refractivity (Wildman–Crippen MR) is 112 cm³/mol. The highest BCUT2D eigenvalue weighted by Gasteiger charge is 2.35. The minimum atomic E-state index is -0.410. The lowest BCUT2D eigenvalue weighted by atomic mass is 10.1. The molecule has 0 saturated heterocycles. The summed E-state index contributed by atoms with van der Waals surface area (Å²) in [4.78, 5) is 49.8. The lowest BCUT2D eigenvalue weighted by Gasteiger charge is -2.14. The Morgan fingerprint density at radius 1 is 0.966 bits per heavy atom. The van der Waals surface area contributed by atoms with Crippen LogP contribution >= 0.6 is 15.9 Å². The van der Waals surface area contributed by atoms with Crippen LogP contribution in [0, 0.1) is 0 Å². The third kappa shape index (κ3) is 4.80. The molecule has 0 aromatic heterocycles. The number of rotatable bonds is 6. The molecule has 0 spiro atoms. The molecule has 0 bridgehead atoms. The lowest BCUT2D eigenvalue weighted by molar-refractivity contribution is -0.116. The zero-order chi connectivity index (χ0) is 21.0. The molecule has 0 aliphatic carbocycles. The number of anilines is 2. The molecule has 2 aromatic carbocycles. The summed E-state index contributed by atoms with van der Waals surface area (Å²) in [5, 5.41) is 7.98. The number of hydrogen-bond donors (Lipinski definition) is 3. The Bertz CT molecular complexity index is 992. The minimum absolute atomic E-state index is 0.0212. The molecule has 29 heavy (non-hydrogen) atoms. The van der Waals surface area contributed by atoms with E-state index >= 15 is 0 Å². The number of benzene rings is 2. The van der Waals surface area contributed by atoms with Gasteiger partial charge < -0.3 is 16.0 Å². The van der Waals surface area contributed by atoms with E-state index in [2.05, 4.69) is 31.9 Å². The third-order valence-corrected chi connectivity index (χ3v) is 4.73. The predicted octanol–water partition coefficient (Wildman–Crippen LogP) is 3.22.